The summed E-state index contributed by atoms with van der Waals surface area (Å²) in [4.78, 5) is 9.81. The summed E-state index contributed by atoms with van der Waals surface area (Å²) in [5, 5.41) is 4.19. The first-order chi connectivity index (χ1) is 11.4. The molecule has 2 aromatic rings. The van der Waals surface area contributed by atoms with Crippen LogP contribution in [-0.2, 0) is 0 Å². The summed E-state index contributed by atoms with van der Waals surface area (Å²) < 4.78 is 0. The molecule has 3 heteroatoms. The second kappa shape index (κ2) is 5.14. The van der Waals surface area contributed by atoms with Gasteiger partial charge in [-0.2, -0.15) is 0 Å². The second-order valence-electron chi connectivity index (χ2n) is 6.13. The Bertz CT molecular complexity index is 891. The van der Waals surface area contributed by atoms with E-state index in [0.717, 1.165) is 48.1 Å². The summed E-state index contributed by atoms with van der Waals surface area (Å²) in [5.41, 5.74) is 9.75. The monoisotopic (exact) mass is 316 g/mol. The van der Waals surface area contributed by atoms with Crippen LogP contribution in [-0.4, -0.2) is 9.97 Å². The normalized spacial score (nSPS) is 19.5. The highest BCUT2D eigenvalue weighted by atomic mass is 32.1. The van der Waals surface area contributed by atoms with Crippen LogP contribution in [0.15, 0.2) is 58.4 Å². The van der Waals surface area contributed by atoms with E-state index in [2.05, 4.69) is 47.2 Å². The van der Waals surface area contributed by atoms with Crippen molar-refractivity contribution in [3.8, 4) is 0 Å². The fraction of sp³-hybridized carbons (Fsp3) is 0.200. The van der Waals surface area contributed by atoms with Crippen molar-refractivity contribution in [3.63, 3.8) is 0 Å². The Morgan fingerprint density at radius 3 is 1.70 bits per heavy atom. The molecule has 2 heterocycles. The smallest absolute Gasteiger partial charge is 0.100 e. The summed E-state index contributed by atoms with van der Waals surface area (Å²) in [6, 6.07) is 0. The maximum absolute atomic E-state index is 4.90. The van der Waals surface area contributed by atoms with Crippen LogP contribution >= 0.6 is 11.3 Å². The molecule has 0 saturated heterocycles. The predicted octanol–water partition coefficient (Wildman–Crippen LogP) is 5.47. The van der Waals surface area contributed by atoms with Gasteiger partial charge in [0, 0.05) is 21.9 Å². The molecule has 2 nitrogen and oxygen atoms in total. The number of thiophene rings is 1. The van der Waals surface area contributed by atoms with Crippen LogP contribution in [0.1, 0.15) is 37.1 Å². The number of aromatic nitrogens is 2. The molecule has 0 radical (unpaired) electrons. The molecule has 5 rings (SSSR count). The Kier molecular flexibility index (Phi) is 2.95. The highest BCUT2D eigenvalue weighted by molar-refractivity contribution is 7.09. The lowest BCUT2D eigenvalue weighted by Crippen LogP contribution is -2.16. The van der Waals surface area contributed by atoms with Gasteiger partial charge in [-0.25, -0.2) is 9.97 Å². The van der Waals surface area contributed by atoms with Gasteiger partial charge in [0.05, 0.1) is 11.4 Å². The van der Waals surface area contributed by atoms with Crippen LogP contribution in [0.25, 0.3) is 22.2 Å². The molecule has 0 saturated carbocycles. The van der Waals surface area contributed by atoms with E-state index in [1.165, 1.54) is 22.3 Å². The molecule has 0 aliphatic heterocycles. The van der Waals surface area contributed by atoms with Gasteiger partial charge in [-0.15, -0.1) is 11.3 Å². The summed E-state index contributed by atoms with van der Waals surface area (Å²) in [6.45, 7) is 0. The molecule has 0 unspecified atom stereocenters. The molecule has 0 spiro atoms. The minimum Gasteiger partial charge on any atom is -0.243 e. The number of rotatable bonds is 2. The highest BCUT2D eigenvalue weighted by Crippen LogP contribution is 2.49. The van der Waals surface area contributed by atoms with Crippen LogP contribution in [0.4, 0.5) is 0 Å². The second-order valence-corrected chi connectivity index (χ2v) is 6.87. The molecule has 0 bridgehead atoms. The Balaban J connectivity index is 1.73. The number of nitrogens with zero attached hydrogens (tertiary/aromatic N) is 2. The molecule has 112 valence electrons. The van der Waals surface area contributed by atoms with Crippen molar-refractivity contribution in [1.29, 1.82) is 0 Å². The molecule has 3 aliphatic rings. The van der Waals surface area contributed by atoms with E-state index in [-0.39, 0.29) is 0 Å². The van der Waals surface area contributed by atoms with E-state index in [4.69, 9.17) is 9.97 Å². The van der Waals surface area contributed by atoms with Gasteiger partial charge in [-0.1, -0.05) is 36.5 Å². The zero-order valence-corrected chi connectivity index (χ0v) is 13.6. The average molecular weight is 316 g/mol. The van der Waals surface area contributed by atoms with E-state index in [9.17, 15) is 0 Å². The van der Waals surface area contributed by atoms with E-state index >= 15 is 0 Å². The molecule has 0 aromatic carbocycles. The molecule has 23 heavy (non-hydrogen) atoms. The van der Waals surface area contributed by atoms with Crippen molar-refractivity contribution >= 4 is 33.5 Å². The van der Waals surface area contributed by atoms with Crippen molar-refractivity contribution in [2.75, 3.05) is 0 Å². The van der Waals surface area contributed by atoms with Gasteiger partial charge in [0.15, 0.2) is 0 Å². The Hall–Kier alpha value is -2.26. The minimum atomic E-state index is 1.02. The first kappa shape index (κ1) is 13.2. The zero-order chi connectivity index (χ0) is 15.2. The van der Waals surface area contributed by atoms with E-state index in [0.29, 0.717) is 0 Å². The number of hydrogen-bond donors (Lipinski definition) is 0. The zero-order valence-electron chi connectivity index (χ0n) is 12.7. The first-order valence-electron chi connectivity index (χ1n) is 8.13. The van der Waals surface area contributed by atoms with Gasteiger partial charge in [0.2, 0.25) is 0 Å². The SMILES string of the molecule is C1=CCCC(C2=C(C3=CC=CCC3)c3nc4cscc4nc32)=C1. The summed E-state index contributed by atoms with van der Waals surface area (Å²) in [7, 11) is 0. The van der Waals surface area contributed by atoms with Gasteiger partial charge in [0.25, 0.3) is 0 Å². The lowest BCUT2D eigenvalue weighted by Gasteiger charge is -2.30. The van der Waals surface area contributed by atoms with Gasteiger partial charge in [0.1, 0.15) is 11.0 Å². The molecule has 0 amide bonds. The molecular formula is C20H16N2S. The maximum atomic E-state index is 4.90. The van der Waals surface area contributed by atoms with E-state index in [1.807, 2.05) is 0 Å². The van der Waals surface area contributed by atoms with Crippen molar-refractivity contribution < 1.29 is 0 Å². The Morgan fingerprint density at radius 2 is 1.26 bits per heavy atom. The number of fused-ring (bicyclic) bond motifs is 2. The van der Waals surface area contributed by atoms with Crippen molar-refractivity contribution in [2.45, 2.75) is 25.7 Å². The summed E-state index contributed by atoms with van der Waals surface area (Å²) in [6.07, 6.45) is 17.7. The fourth-order valence-electron chi connectivity index (χ4n) is 3.57. The lowest BCUT2D eigenvalue weighted by atomic mass is 9.76. The van der Waals surface area contributed by atoms with Crippen LogP contribution in [0.2, 0.25) is 0 Å². The first-order valence-corrected chi connectivity index (χ1v) is 9.07. The Labute approximate surface area is 139 Å². The van der Waals surface area contributed by atoms with E-state index < -0.39 is 0 Å². The van der Waals surface area contributed by atoms with Crippen LogP contribution < -0.4 is 0 Å². The molecule has 0 atom stereocenters. The Morgan fingerprint density at radius 1 is 0.739 bits per heavy atom. The van der Waals surface area contributed by atoms with E-state index in [1.54, 1.807) is 11.3 Å². The maximum Gasteiger partial charge on any atom is 0.100 e. The lowest BCUT2D eigenvalue weighted by molar-refractivity contribution is 0.968. The predicted molar refractivity (Wildman–Crippen MR) is 97.1 cm³/mol. The average Bonchev–Trinajstić information content (AvgIpc) is 3.05. The highest BCUT2D eigenvalue weighted by Gasteiger charge is 2.33. The summed E-state index contributed by atoms with van der Waals surface area (Å²) in [5.74, 6) is 0. The van der Waals surface area contributed by atoms with Gasteiger partial charge < -0.3 is 0 Å². The number of allylic oxidation sites excluding steroid dienone is 10. The van der Waals surface area contributed by atoms with Gasteiger partial charge in [-0.3, -0.25) is 0 Å². The van der Waals surface area contributed by atoms with Crippen LogP contribution in [0, 0.1) is 0 Å². The minimum absolute atomic E-state index is 1.02. The molecule has 2 aromatic heterocycles. The number of hydrogen-bond acceptors (Lipinski definition) is 3. The topological polar surface area (TPSA) is 25.8 Å². The van der Waals surface area contributed by atoms with Gasteiger partial charge in [-0.05, 0) is 36.8 Å². The van der Waals surface area contributed by atoms with Crippen molar-refractivity contribution in [3.05, 3.63) is 69.8 Å². The molecule has 0 N–H and O–H groups in total. The molecule has 0 fully saturated rings. The fourth-order valence-corrected chi connectivity index (χ4v) is 4.24. The third-order valence-electron chi connectivity index (χ3n) is 4.70. The third-order valence-corrected chi connectivity index (χ3v) is 5.42. The van der Waals surface area contributed by atoms with Crippen molar-refractivity contribution in [2.24, 2.45) is 0 Å². The van der Waals surface area contributed by atoms with Gasteiger partial charge >= 0.3 is 0 Å². The standard InChI is InChI=1S/C20H16N2S/c1-3-7-13(8-4-1)17-18(14-9-5-2-6-10-14)20-19(17)21-15-11-23-12-16(15)22-20/h1-3,5,7,9,11-12H,4,6,8,10H2. The molecule has 3 aliphatic carbocycles. The molecular weight excluding hydrogens is 300 g/mol. The van der Waals surface area contributed by atoms with Crippen LogP contribution in [0.5, 0.6) is 0 Å². The van der Waals surface area contributed by atoms with Crippen molar-refractivity contribution in [1.82, 2.24) is 9.97 Å². The largest absolute Gasteiger partial charge is 0.243 e. The van der Waals surface area contributed by atoms with Crippen LogP contribution in [0.3, 0.4) is 0 Å². The third kappa shape index (κ3) is 2.00. The summed E-state index contributed by atoms with van der Waals surface area (Å²) >= 11 is 1.68. The quantitative estimate of drug-likeness (QED) is 0.734.